The molecule has 2 aromatic carbocycles. The van der Waals surface area contributed by atoms with Gasteiger partial charge in [-0.1, -0.05) is 30.3 Å². The topological polar surface area (TPSA) is 54.0 Å². The van der Waals surface area contributed by atoms with Crippen LogP contribution in [0.1, 0.15) is 21.8 Å². The van der Waals surface area contributed by atoms with Crippen LogP contribution in [-0.4, -0.2) is 33.7 Å². The van der Waals surface area contributed by atoms with Crippen LogP contribution in [-0.2, 0) is 0 Å². The van der Waals surface area contributed by atoms with Gasteiger partial charge in [-0.3, -0.25) is 4.79 Å². The highest BCUT2D eigenvalue weighted by Crippen LogP contribution is 2.48. The van der Waals surface area contributed by atoms with Gasteiger partial charge in [0.15, 0.2) is 17.3 Å². The van der Waals surface area contributed by atoms with Crippen molar-refractivity contribution in [1.29, 1.82) is 0 Å². The summed E-state index contributed by atoms with van der Waals surface area (Å²) in [6, 6.07) is 11.2. The Kier molecular flexibility index (Phi) is 4.10. The van der Waals surface area contributed by atoms with Gasteiger partial charge >= 0.3 is 0 Å². The van der Waals surface area contributed by atoms with Crippen LogP contribution >= 0.6 is 0 Å². The predicted octanol–water partition coefficient (Wildman–Crippen LogP) is 3.07. The lowest BCUT2D eigenvalue weighted by Crippen LogP contribution is -2.26. The number of hydrogen-bond donors (Lipinski definition) is 0. The number of carbonyl (C=O) groups excluding carboxylic acids is 1. The number of benzene rings is 2. The normalized spacial score (nSPS) is 16.3. The highest BCUT2D eigenvalue weighted by Gasteiger charge is 2.35. The van der Waals surface area contributed by atoms with E-state index in [-0.39, 0.29) is 18.3 Å². The second-order valence-electron chi connectivity index (χ2n) is 5.16. The number of ether oxygens (including phenoxy) is 4. The largest absolute Gasteiger partial charge is 0.493 e. The number of carbonyl (C=O) groups is 1. The summed E-state index contributed by atoms with van der Waals surface area (Å²) >= 11 is 0. The first kappa shape index (κ1) is 15.2. The number of methoxy groups -OCH3 is 3. The first-order valence-corrected chi connectivity index (χ1v) is 7.26. The van der Waals surface area contributed by atoms with Crippen LogP contribution in [0.25, 0.3) is 0 Å². The van der Waals surface area contributed by atoms with Crippen molar-refractivity contribution < 1.29 is 23.7 Å². The second-order valence-corrected chi connectivity index (χ2v) is 5.16. The Morgan fingerprint density at radius 2 is 1.70 bits per heavy atom. The van der Waals surface area contributed by atoms with Crippen molar-refractivity contribution in [3.8, 4) is 23.0 Å². The maximum Gasteiger partial charge on any atom is 0.204 e. The van der Waals surface area contributed by atoms with Crippen LogP contribution in [0.3, 0.4) is 0 Å². The fraction of sp³-hybridized carbons (Fsp3) is 0.278. The number of Topliss-reactive ketones (excluding diaryl/α,β-unsaturated/α-hetero) is 1. The van der Waals surface area contributed by atoms with Gasteiger partial charge in [-0.25, -0.2) is 0 Å². The smallest absolute Gasteiger partial charge is 0.204 e. The summed E-state index contributed by atoms with van der Waals surface area (Å²) in [7, 11) is 4.54. The van der Waals surface area contributed by atoms with Crippen molar-refractivity contribution in [2.45, 2.75) is 5.92 Å². The van der Waals surface area contributed by atoms with Gasteiger partial charge in [0.2, 0.25) is 5.75 Å². The Morgan fingerprint density at radius 3 is 2.30 bits per heavy atom. The van der Waals surface area contributed by atoms with Gasteiger partial charge < -0.3 is 18.9 Å². The van der Waals surface area contributed by atoms with E-state index in [9.17, 15) is 4.79 Å². The van der Waals surface area contributed by atoms with Gasteiger partial charge in [-0.05, 0) is 5.56 Å². The van der Waals surface area contributed by atoms with Crippen molar-refractivity contribution >= 4 is 5.78 Å². The van der Waals surface area contributed by atoms with Gasteiger partial charge in [0.1, 0.15) is 17.9 Å². The summed E-state index contributed by atoms with van der Waals surface area (Å²) in [6.45, 7) is 0.286. The molecule has 0 bridgehead atoms. The second kappa shape index (κ2) is 6.20. The fourth-order valence-corrected chi connectivity index (χ4v) is 2.84. The molecule has 120 valence electrons. The van der Waals surface area contributed by atoms with Crippen molar-refractivity contribution in [3.05, 3.63) is 47.5 Å². The van der Waals surface area contributed by atoms with Crippen LogP contribution in [0.4, 0.5) is 0 Å². The molecule has 23 heavy (non-hydrogen) atoms. The Hall–Kier alpha value is -2.69. The molecule has 5 nitrogen and oxygen atoms in total. The Morgan fingerprint density at radius 1 is 1.00 bits per heavy atom. The van der Waals surface area contributed by atoms with E-state index in [2.05, 4.69) is 0 Å². The number of ketones is 1. The minimum absolute atomic E-state index is 0.0461. The molecular weight excluding hydrogens is 296 g/mol. The van der Waals surface area contributed by atoms with E-state index >= 15 is 0 Å². The highest BCUT2D eigenvalue weighted by molar-refractivity contribution is 6.07. The summed E-state index contributed by atoms with van der Waals surface area (Å²) in [5, 5.41) is 0. The quantitative estimate of drug-likeness (QED) is 0.868. The monoisotopic (exact) mass is 314 g/mol. The minimum Gasteiger partial charge on any atom is -0.493 e. The van der Waals surface area contributed by atoms with Crippen molar-refractivity contribution in [2.24, 2.45) is 0 Å². The van der Waals surface area contributed by atoms with E-state index in [0.717, 1.165) is 5.56 Å². The standard InChI is InChI=1S/C18H18O5/c1-20-14-9-13-15(18(22-3)17(14)21-2)16(19)12(10-23-13)11-7-5-4-6-8-11/h4-9,12H,10H2,1-3H3. The van der Waals surface area contributed by atoms with Crippen molar-refractivity contribution in [2.75, 3.05) is 27.9 Å². The van der Waals surface area contributed by atoms with Crippen molar-refractivity contribution in [3.63, 3.8) is 0 Å². The van der Waals surface area contributed by atoms with E-state index in [4.69, 9.17) is 18.9 Å². The molecule has 0 amide bonds. The molecule has 0 saturated heterocycles. The maximum atomic E-state index is 13.0. The van der Waals surface area contributed by atoms with E-state index in [1.807, 2.05) is 30.3 Å². The molecule has 0 aromatic heterocycles. The van der Waals surface area contributed by atoms with Crippen LogP contribution in [0.5, 0.6) is 23.0 Å². The lowest BCUT2D eigenvalue weighted by atomic mass is 9.88. The zero-order chi connectivity index (χ0) is 16.4. The summed E-state index contributed by atoms with van der Waals surface area (Å²) in [4.78, 5) is 13.0. The molecule has 1 unspecified atom stereocenters. The molecular formula is C18H18O5. The molecule has 0 N–H and O–H groups in total. The Bertz CT molecular complexity index is 724. The number of fused-ring (bicyclic) bond motifs is 1. The van der Waals surface area contributed by atoms with E-state index in [1.54, 1.807) is 6.07 Å². The average Bonchev–Trinajstić information content (AvgIpc) is 2.61. The number of hydrogen-bond acceptors (Lipinski definition) is 5. The first-order valence-electron chi connectivity index (χ1n) is 7.26. The zero-order valence-corrected chi connectivity index (χ0v) is 13.3. The van der Waals surface area contributed by atoms with Crippen LogP contribution < -0.4 is 18.9 Å². The molecule has 0 radical (unpaired) electrons. The predicted molar refractivity (Wildman–Crippen MR) is 85.1 cm³/mol. The molecule has 0 fully saturated rings. The van der Waals surface area contributed by atoms with Crippen LogP contribution in [0, 0.1) is 0 Å². The van der Waals surface area contributed by atoms with Crippen LogP contribution in [0.15, 0.2) is 36.4 Å². The SMILES string of the molecule is COc1cc2c(c(OC)c1OC)C(=O)C(c1ccccc1)CO2. The van der Waals surface area contributed by atoms with Gasteiger partial charge in [0.25, 0.3) is 0 Å². The molecule has 1 aliphatic heterocycles. The third-order valence-electron chi connectivity index (χ3n) is 3.96. The summed E-state index contributed by atoms with van der Waals surface area (Å²) in [5.41, 5.74) is 1.31. The van der Waals surface area contributed by atoms with Crippen LogP contribution in [0.2, 0.25) is 0 Å². The number of rotatable bonds is 4. The lowest BCUT2D eigenvalue weighted by molar-refractivity contribution is 0.0890. The van der Waals surface area contributed by atoms with Gasteiger partial charge in [-0.2, -0.15) is 0 Å². The van der Waals surface area contributed by atoms with Crippen molar-refractivity contribution in [1.82, 2.24) is 0 Å². The minimum atomic E-state index is -0.365. The van der Waals surface area contributed by atoms with E-state index < -0.39 is 0 Å². The lowest BCUT2D eigenvalue weighted by Gasteiger charge is -2.27. The average molecular weight is 314 g/mol. The molecule has 0 spiro atoms. The zero-order valence-electron chi connectivity index (χ0n) is 13.3. The molecule has 1 atom stereocenters. The van der Waals surface area contributed by atoms with E-state index in [0.29, 0.717) is 28.6 Å². The summed E-state index contributed by atoms with van der Waals surface area (Å²) in [5.74, 6) is 1.24. The highest BCUT2D eigenvalue weighted by atomic mass is 16.5. The molecule has 0 saturated carbocycles. The van der Waals surface area contributed by atoms with E-state index in [1.165, 1.54) is 21.3 Å². The molecule has 5 heteroatoms. The third-order valence-corrected chi connectivity index (χ3v) is 3.96. The molecule has 1 aliphatic rings. The fourth-order valence-electron chi connectivity index (χ4n) is 2.84. The first-order chi connectivity index (χ1) is 11.2. The molecule has 3 rings (SSSR count). The molecule has 0 aliphatic carbocycles. The maximum absolute atomic E-state index is 13.0. The molecule has 2 aromatic rings. The Labute approximate surface area is 134 Å². The summed E-state index contributed by atoms with van der Waals surface area (Å²) in [6.07, 6.45) is 0. The summed E-state index contributed by atoms with van der Waals surface area (Å²) < 4.78 is 21.9. The molecule has 1 heterocycles. The Balaban J connectivity index is 2.13. The van der Waals surface area contributed by atoms with Gasteiger partial charge in [0.05, 0.1) is 27.2 Å². The van der Waals surface area contributed by atoms with Gasteiger partial charge in [0, 0.05) is 6.07 Å². The third kappa shape index (κ3) is 2.48. The van der Waals surface area contributed by atoms with Gasteiger partial charge in [-0.15, -0.1) is 0 Å².